The molecule has 5 heteroatoms. The van der Waals surface area contributed by atoms with Crippen LogP contribution in [0.2, 0.25) is 0 Å². The maximum Gasteiger partial charge on any atom is 0.196 e. The second kappa shape index (κ2) is 8.34. The van der Waals surface area contributed by atoms with Gasteiger partial charge in [-0.25, -0.2) is 0 Å². The highest BCUT2D eigenvalue weighted by atomic mass is 32.2. The Morgan fingerprint density at radius 1 is 0.931 bits per heavy atom. The first-order chi connectivity index (χ1) is 14.2. The van der Waals surface area contributed by atoms with E-state index >= 15 is 0 Å². The number of rotatable bonds is 5. The van der Waals surface area contributed by atoms with Gasteiger partial charge in [-0.15, -0.1) is 10.2 Å². The second-order valence-electron chi connectivity index (χ2n) is 6.86. The molecule has 0 radical (unpaired) electrons. The number of para-hydroxylation sites is 1. The van der Waals surface area contributed by atoms with Gasteiger partial charge in [0, 0.05) is 11.3 Å². The van der Waals surface area contributed by atoms with E-state index < -0.39 is 0 Å². The van der Waals surface area contributed by atoms with Crippen molar-refractivity contribution in [3.05, 3.63) is 95.1 Å². The molecule has 0 amide bonds. The Bertz CT molecular complexity index is 1200. The molecule has 0 aliphatic heterocycles. The van der Waals surface area contributed by atoms with Gasteiger partial charge < -0.3 is 0 Å². The number of nitrogens with zero attached hydrogens (tertiary/aromatic N) is 4. The molecule has 0 spiro atoms. The smallest absolute Gasteiger partial charge is 0.196 e. The molecule has 0 bridgehead atoms. The molecule has 0 fully saturated rings. The van der Waals surface area contributed by atoms with Crippen LogP contribution in [0, 0.1) is 25.2 Å². The van der Waals surface area contributed by atoms with Gasteiger partial charge in [0.25, 0.3) is 0 Å². The number of thioether (sulfide) groups is 1. The molecule has 142 valence electrons. The average Bonchev–Trinajstić information content (AvgIpc) is 3.16. The Morgan fingerprint density at radius 2 is 1.72 bits per heavy atom. The van der Waals surface area contributed by atoms with E-state index in [1.165, 1.54) is 5.56 Å². The van der Waals surface area contributed by atoms with Crippen molar-refractivity contribution in [2.75, 3.05) is 0 Å². The van der Waals surface area contributed by atoms with Gasteiger partial charge in [-0.05, 0) is 43.2 Å². The Kier molecular flexibility index (Phi) is 5.46. The standard InChI is InChI=1S/C24H20N4S/c1-17-8-7-12-19(14-17)23-26-27-24(28(23)22-13-6-3-9-18(22)2)29-16-21-11-5-4-10-20(21)15-25/h3-14H,16H2,1-2H3. The van der Waals surface area contributed by atoms with E-state index in [0.717, 1.165) is 33.4 Å². The van der Waals surface area contributed by atoms with Crippen LogP contribution in [0.3, 0.4) is 0 Å². The largest absolute Gasteiger partial charge is 0.270 e. The third-order valence-electron chi connectivity index (χ3n) is 4.76. The van der Waals surface area contributed by atoms with Gasteiger partial charge in [-0.3, -0.25) is 4.57 Å². The summed E-state index contributed by atoms with van der Waals surface area (Å²) in [5, 5.41) is 19.2. The number of aromatic nitrogens is 3. The molecule has 0 N–H and O–H groups in total. The van der Waals surface area contributed by atoms with Crippen molar-refractivity contribution in [3.63, 3.8) is 0 Å². The molecule has 4 aromatic rings. The lowest BCUT2D eigenvalue weighted by atomic mass is 10.1. The van der Waals surface area contributed by atoms with Crippen LogP contribution < -0.4 is 0 Å². The molecule has 0 aliphatic carbocycles. The number of nitriles is 1. The monoisotopic (exact) mass is 396 g/mol. The van der Waals surface area contributed by atoms with Gasteiger partial charge in [-0.2, -0.15) is 5.26 Å². The summed E-state index contributed by atoms with van der Waals surface area (Å²) in [4.78, 5) is 0. The van der Waals surface area contributed by atoms with Gasteiger partial charge >= 0.3 is 0 Å². The summed E-state index contributed by atoms with van der Waals surface area (Å²) >= 11 is 1.59. The Labute approximate surface area is 174 Å². The van der Waals surface area contributed by atoms with E-state index in [9.17, 15) is 5.26 Å². The fourth-order valence-corrected chi connectivity index (χ4v) is 4.21. The zero-order valence-electron chi connectivity index (χ0n) is 16.3. The van der Waals surface area contributed by atoms with Crippen LogP contribution in [-0.2, 0) is 5.75 Å². The number of benzene rings is 3. The minimum absolute atomic E-state index is 0.654. The van der Waals surface area contributed by atoms with Crippen molar-refractivity contribution >= 4 is 11.8 Å². The van der Waals surface area contributed by atoms with Crippen molar-refractivity contribution in [1.82, 2.24) is 14.8 Å². The van der Waals surface area contributed by atoms with Crippen LogP contribution in [0.5, 0.6) is 0 Å². The minimum atomic E-state index is 0.654. The number of aryl methyl sites for hydroxylation is 2. The van der Waals surface area contributed by atoms with Crippen LogP contribution in [0.15, 0.2) is 78.0 Å². The first-order valence-electron chi connectivity index (χ1n) is 9.36. The second-order valence-corrected chi connectivity index (χ2v) is 7.80. The molecule has 0 aliphatic rings. The normalized spacial score (nSPS) is 10.7. The summed E-state index contributed by atoms with van der Waals surface area (Å²) in [6.45, 7) is 4.17. The Balaban J connectivity index is 1.78. The quantitative estimate of drug-likeness (QED) is 0.405. The van der Waals surface area contributed by atoms with Crippen molar-refractivity contribution in [2.24, 2.45) is 0 Å². The SMILES string of the molecule is Cc1cccc(-c2nnc(SCc3ccccc3C#N)n2-c2ccccc2C)c1. The molecule has 0 saturated heterocycles. The van der Waals surface area contributed by atoms with Gasteiger partial charge in [0.1, 0.15) is 0 Å². The molecular formula is C24H20N4S. The van der Waals surface area contributed by atoms with E-state index in [2.05, 4.69) is 65.0 Å². The maximum atomic E-state index is 9.37. The van der Waals surface area contributed by atoms with Gasteiger partial charge in [-0.1, -0.05) is 71.9 Å². The van der Waals surface area contributed by atoms with E-state index in [1.54, 1.807) is 11.8 Å². The molecule has 0 atom stereocenters. The summed E-state index contributed by atoms with van der Waals surface area (Å²) in [5.74, 6) is 1.47. The first kappa shape index (κ1) is 19.0. The zero-order chi connectivity index (χ0) is 20.2. The van der Waals surface area contributed by atoms with Gasteiger partial charge in [0.05, 0.1) is 17.3 Å². The lowest BCUT2D eigenvalue weighted by Gasteiger charge is -2.13. The summed E-state index contributed by atoms with van der Waals surface area (Å²) in [6, 6.07) is 26.5. The van der Waals surface area contributed by atoms with Crippen LogP contribution in [0.25, 0.3) is 17.1 Å². The van der Waals surface area contributed by atoms with Gasteiger partial charge in [0.2, 0.25) is 0 Å². The Hall–Kier alpha value is -3.36. The van der Waals surface area contributed by atoms with Crippen LogP contribution >= 0.6 is 11.8 Å². The fourth-order valence-electron chi connectivity index (χ4n) is 3.26. The topological polar surface area (TPSA) is 54.5 Å². The maximum absolute atomic E-state index is 9.37. The van der Waals surface area contributed by atoms with Crippen LogP contribution in [-0.4, -0.2) is 14.8 Å². The molecule has 0 unspecified atom stereocenters. The Morgan fingerprint density at radius 3 is 2.52 bits per heavy atom. The first-order valence-corrected chi connectivity index (χ1v) is 10.3. The summed E-state index contributed by atoms with van der Waals surface area (Å²) < 4.78 is 2.11. The molecule has 1 heterocycles. The molecule has 0 saturated carbocycles. The van der Waals surface area contributed by atoms with E-state index in [-0.39, 0.29) is 0 Å². The van der Waals surface area contributed by atoms with Crippen molar-refractivity contribution in [1.29, 1.82) is 5.26 Å². The molecule has 3 aromatic carbocycles. The van der Waals surface area contributed by atoms with E-state index in [0.29, 0.717) is 11.3 Å². The van der Waals surface area contributed by atoms with Crippen molar-refractivity contribution in [2.45, 2.75) is 24.8 Å². The molecular weight excluding hydrogens is 376 g/mol. The summed E-state index contributed by atoms with van der Waals surface area (Å²) in [7, 11) is 0. The van der Waals surface area contributed by atoms with Gasteiger partial charge in [0.15, 0.2) is 11.0 Å². The number of hydrogen-bond acceptors (Lipinski definition) is 4. The highest BCUT2D eigenvalue weighted by molar-refractivity contribution is 7.98. The molecule has 4 rings (SSSR count). The summed E-state index contributed by atoms with van der Waals surface area (Å²) in [6.07, 6.45) is 0. The third-order valence-corrected chi connectivity index (χ3v) is 5.74. The summed E-state index contributed by atoms with van der Waals surface area (Å²) in [5.41, 5.74) is 6.12. The van der Waals surface area contributed by atoms with Crippen LogP contribution in [0.1, 0.15) is 22.3 Å². The highest BCUT2D eigenvalue weighted by Gasteiger charge is 2.18. The van der Waals surface area contributed by atoms with E-state index in [4.69, 9.17) is 0 Å². The minimum Gasteiger partial charge on any atom is -0.270 e. The lowest BCUT2D eigenvalue weighted by molar-refractivity contribution is 0.880. The third kappa shape index (κ3) is 3.94. The zero-order valence-corrected chi connectivity index (χ0v) is 17.1. The van der Waals surface area contributed by atoms with Crippen molar-refractivity contribution < 1.29 is 0 Å². The molecule has 1 aromatic heterocycles. The predicted molar refractivity (Wildman–Crippen MR) is 117 cm³/mol. The average molecular weight is 397 g/mol. The molecule has 4 nitrogen and oxygen atoms in total. The lowest BCUT2D eigenvalue weighted by Crippen LogP contribution is -2.02. The fraction of sp³-hybridized carbons (Fsp3) is 0.125. The van der Waals surface area contributed by atoms with Crippen molar-refractivity contribution in [3.8, 4) is 23.1 Å². The number of hydrogen-bond donors (Lipinski definition) is 0. The van der Waals surface area contributed by atoms with E-state index in [1.807, 2.05) is 42.5 Å². The predicted octanol–water partition coefficient (Wildman–Crippen LogP) is 5.72. The highest BCUT2D eigenvalue weighted by Crippen LogP contribution is 2.31. The van der Waals surface area contributed by atoms with Crippen LogP contribution in [0.4, 0.5) is 0 Å². The molecule has 29 heavy (non-hydrogen) atoms.